The van der Waals surface area contributed by atoms with Crippen LogP contribution in [0.2, 0.25) is 0 Å². The molecule has 1 fully saturated rings. The zero-order valence-electron chi connectivity index (χ0n) is 14.4. The minimum Gasteiger partial charge on any atom is -0.462 e. The summed E-state index contributed by atoms with van der Waals surface area (Å²) in [6, 6.07) is 4.68. The van der Waals surface area contributed by atoms with Crippen LogP contribution in [0.1, 0.15) is 52.4 Å². The molecule has 0 bridgehead atoms. The van der Waals surface area contributed by atoms with Crippen molar-refractivity contribution in [2.45, 2.75) is 68.1 Å². The maximum atomic E-state index is 13.3. The Kier molecular flexibility index (Phi) is 5.82. The number of esters is 1. The van der Waals surface area contributed by atoms with E-state index < -0.39 is 31.6 Å². The molecule has 0 aliphatic heterocycles. The molecule has 0 radical (unpaired) electrons. The maximum Gasteiger partial charge on any atom is 0.328 e. The number of carbonyl (C=O) groups excluding carboxylic acids is 1. The SMILES string of the molecule is CC(C)OC(=O)C1(S(=O)(=O)c2ccc([N+](=O)[O-])cc2)CCCCCC1. The van der Waals surface area contributed by atoms with Crippen molar-refractivity contribution in [3.8, 4) is 0 Å². The van der Waals surface area contributed by atoms with Crippen molar-refractivity contribution in [2.24, 2.45) is 0 Å². The van der Waals surface area contributed by atoms with Crippen LogP contribution in [0.25, 0.3) is 0 Å². The Morgan fingerprint density at radius 2 is 1.64 bits per heavy atom. The van der Waals surface area contributed by atoms with Gasteiger partial charge in [0.25, 0.3) is 5.69 Å². The predicted molar refractivity (Wildman–Crippen MR) is 91.9 cm³/mol. The number of nitro groups is 1. The van der Waals surface area contributed by atoms with E-state index in [9.17, 15) is 23.3 Å². The van der Waals surface area contributed by atoms with E-state index in [0.29, 0.717) is 12.8 Å². The largest absolute Gasteiger partial charge is 0.462 e. The topological polar surface area (TPSA) is 104 Å². The number of nitrogens with zero attached hydrogens (tertiary/aromatic N) is 1. The first kappa shape index (κ1) is 19.4. The molecule has 1 saturated carbocycles. The van der Waals surface area contributed by atoms with E-state index in [2.05, 4.69) is 0 Å². The molecule has 0 amide bonds. The number of rotatable bonds is 5. The third kappa shape index (κ3) is 3.84. The van der Waals surface area contributed by atoms with Gasteiger partial charge in [-0.15, -0.1) is 0 Å². The minimum atomic E-state index is -4.03. The van der Waals surface area contributed by atoms with E-state index in [1.165, 1.54) is 12.1 Å². The van der Waals surface area contributed by atoms with E-state index >= 15 is 0 Å². The number of carbonyl (C=O) groups is 1. The fourth-order valence-electron chi connectivity index (χ4n) is 3.18. The van der Waals surface area contributed by atoms with E-state index in [1.54, 1.807) is 13.8 Å². The summed E-state index contributed by atoms with van der Waals surface area (Å²) >= 11 is 0. The lowest BCUT2D eigenvalue weighted by molar-refractivity contribution is -0.384. The number of non-ortho nitro benzene ring substituents is 1. The standard InChI is InChI=1S/C17H23NO6S/c1-13(2)24-16(19)17(11-5-3-4-6-12-17)25(22,23)15-9-7-14(8-10-15)18(20)21/h7-10,13H,3-6,11-12H2,1-2H3. The van der Waals surface area contributed by atoms with Gasteiger partial charge in [0, 0.05) is 12.1 Å². The zero-order valence-corrected chi connectivity index (χ0v) is 15.3. The fraction of sp³-hybridized carbons (Fsp3) is 0.588. The van der Waals surface area contributed by atoms with Gasteiger partial charge < -0.3 is 4.74 Å². The van der Waals surface area contributed by atoms with Crippen LogP contribution in [0, 0.1) is 10.1 Å². The molecule has 25 heavy (non-hydrogen) atoms. The average molecular weight is 369 g/mol. The zero-order chi connectivity index (χ0) is 18.7. The van der Waals surface area contributed by atoms with Crippen LogP contribution >= 0.6 is 0 Å². The lowest BCUT2D eigenvalue weighted by atomic mass is 9.99. The summed E-state index contributed by atoms with van der Waals surface area (Å²) in [5, 5.41) is 10.8. The lowest BCUT2D eigenvalue weighted by Crippen LogP contribution is -2.48. The summed E-state index contributed by atoms with van der Waals surface area (Å²) in [4.78, 5) is 22.9. The second kappa shape index (κ2) is 7.51. The van der Waals surface area contributed by atoms with E-state index in [-0.39, 0.29) is 23.4 Å². The summed E-state index contributed by atoms with van der Waals surface area (Å²) in [6.07, 6.45) is 2.98. The molecule has 0 aromatic heterocycles. The molecule has 0 saturated heterocycles. The highest BCUT2D eigenvalue weighted by atomic mass is 32.2. The Labute approximate surface area is 147 Å². The van der Waals surface area contributed by atoms with Crippen molar-refractivity contribution in [3.05, 3.63) is 34.4 Å². The summed E-state index contributed by atoms with van der Waals surface area (Å²) in [5.41, 5.74) is -0.196. The average Bonchev–Trinajstić information content (AvgIpc) is 2.81. The summed E-state index contributed by atoms with van der Waals surface area (Å²) in [7, 11) is -4.03. The van der Waals surface area contributed by atoms with Crippen molar-refractivity contribution < 1.29 is 22.9 Å². The van der Waals surface area contributed by atoms with Gasteiger partial charge in [0.1, 0.15) is 0 Å². The second-order valence-corrected chi connectivity index (χ2v) is 8.88. The number of hydrogen-bond acceptors (Lipinski definition) is 6. The van der Waals surface area contributed by atoms with Gasteiger partial charge in [-0.2, -0.15) is 0 Å². The molecule has 0 heterocycles. The first-order chi connectivity index (χ1) is 11.7. The molecular weight excluding hydrogens is 346 g/mol. The monoisotopic (exact) mass is 369 g/mol. The van der Waals surface area contributed by atoms with Crippen LogP contribution in [-0.2, 0) is 19.4 Å². The molecule has 1 aliphatic rings. The summed E-state index contributed by atoms with van der Waals surface area (Å²) in [5.74, 6) is -0.720. The Morgan fingerprint density at radius 1 is 1.12 bits per heavy atom. The van der Waals surface area contributed by atoms with Crippen LogP contribution in [0.15, 0.2) is 29.2 Å². The normalized spacial score (nSPS) is 17.7. The Bertz CT molecular complexity index is 731. The van der Waals surface area contributed by atoms with Crippen LogP contribution in [0.3, 0.4) is 0 Å². The minimum absolute atomic E-state index is 0.0827. The highest BCUT2D eigenvalue weighted by molar-refractivity contribution is 7.93. The molecule has 7 nitrogen and oxygen atoms in total. The van der Waals surface area contributed by atoms with Crippen LogP contribution < -0.4 is 0 Å². The summed E-state index contributed by atoms with van der Waals surface area (Å²) in [6.45, 7) is 3.36. The molecule has 8 heteroatoms. The smallest absolute Gasteiger partial charge is 0.328 e. The Balaban J connectivity index is 2.50. The number of hydrogen-bond donors (Lipinski definition) is 0. The van der Waals surface area contributed by atoms with Gasteiger partial charge in [-0.05, 0) is 38.8 Å². The fourth-order valence-corrected chi connectivity index (χ4v) is 5.22. The lowest BCUT2D eigenvalue weighted by Gasteiger charge is -2.30. The molecule has 0 spiro atoms. The van der Waals surface area contributed by atoms with E-state index in [1.807, 2.05) is 0 Å². The molecule has 1 aliphatic carbocycles. The molecule has 0 unspecified atom stereocenters. The van der Waals surface area contributed by atoms with Crippen molar-refractivity contribution in [2.75, 3.05) is 0 Å². The van der Waals surface area contributed by atoms with Crippen molar-refractivity contribution >= 4 is 21.5 Å². The van der Waals surface area contributed by atoms with Gasteiger partial charge in [0.15, 0.2) is 14.6 Å². The quantitative estimate of drug-likeness (QED) is 0.341. The predicted octanol–water partition coefficient (Wildman–Crippen LogP) is 3.41. The molecular formula is C17H23NO6S. The summed E-state index contributed by atoms with van der Waals surface area (Å²) < 4.78 is 30.3. The first-order valence-corrected chi connectivity index (χ1v) is 9.89. The van der Waals surface area contributed by atoms with Crippen molar-refractivity contribution in [1.29, 1.82) is 0 Å². The van der Waals surface area contributed by atoms with E-state index in [4.69, 9.17) is 4.74 Å². The molecule has 1 aromatic carbocycles. The van der Waals surface area contributed by atoms with Crippen LogP contribution in [0.4, 0.5) is 5.69 Å². The molecule has 2 rings (SSSR count). The highest BCUT2D eigenvalue weighted by Crippen LogP contribution is 2.39. The number of nitro benzene ring substituents is 1. The van der Waals surface area contributed by atoms with Gasteiger partial charge in [0.2, 0.25) is 0 Å². The maximum absolute atomic E-state index is 13.3. The molecule has 1 aromatic rings. The Hall–Kier alpha value is -1.96. The number of benzene rings is 1. The third-order valence-corrected chi connectivity index (χ3v) is 6.99. The van der Waals surface area contributed by atoms with E-state index in [0.717, 1.165) is 25.0 Å². The van der Waals surface area contributed by atoms with Gasteiger partial charge in [-0.1, -0.05) is 25.7 Å². The second-order valence-electron chi connectivity index (χ2n) is 6.62. The van der Waals surface area contributed by atoms with Gasteiger partial charge in [-0.25, -0.2) is 8.42 Å². The first-order valence-electron chi connectivity index (χ1n) is 8.41. The van der Waals surface area contributed by atoms with Crippen LogP contribution in [0.5, 0.6) is 0 Å². The molecule has 138 valence electrons. The van der Waals surface area contributed by atoms with Crippen molar-refractivity contribution in [3.63, 3.8) is 0 Å². The van der Waals surface area contributed by atoms with Crippen LogP contribution in [-0.4, -0.2) is 30.2 Å². The third-order valence-electron chi connectivity index (χ3n) is 4.50. The highest BCUT2D eigenvalue weighted by Gasteiger charge is 2.52. The number of ether oxygens (including phenoxy) is 1. The van der Waals surface area contributed by atoms with Crippen molar-refractivity contribution in [1.82, 2.24) is 0 Å². The molecule has 0 atom stereocenters. The number of sulfone groups is 1. The Morgan fingerprint density at radius 3 is 2.08 bits per heavy atom. The van der Waals surface area contributed by atoms with Gasteiger partial charge >= 0.3 is 5.97 Å². The molecule has 0 N–H and O–H groups in total. The van der Waals surface area contributed by atoms with Gasteiger partial charge in [0.05, 0.1) is 15.9 Å². The van der Waals surface area contributed by atoms with Gasteiger partial charge in [-0.3, -0.25) is 14.9 Å².